The first-order chi connectivity index (χ1) is 16.0. The highest BCUT2D eigenvalue weighted by molar-refractivity contribution is 5.77. The second-order valence-corrected chi connectivity index (χ2v) is 8.07. The maximum absolute atomic E-state index is 12.1. The van der Waals surface area contributed by atoms with Crippen molar-refractivity contribution in [2.75, 3.05) is 13.7 Å². The average molecular weight is 483 g/mol. The van der Waals surface area contributed by atoms with Crippen LogP contribution in [0.3, 0.4) is 0 Å². The van der Waals surface area contributed by atoms with Crippen LogP contribution in [0.1, 0.15) is 22.8 Å². The van der Waals surface area contributed by atoms with E-state index in [4.69, 9.17) is 9.47 Å². The number of methoxy groups -OCH3 is 1. The van der Waals surface area contributed by atoms with E-state index < -0.39 is 6.10 Å². The van der Waals surface area contributed by atoms with Gasteiger partial charge in [0.2, 0.25) is 0 Å². The van der Waals surface area contributed by atoms with Crippen molar-refractivity contribution in [3.8, 4) is 11.5 Å². The zero-order chi connectivity index (χ0) is 23.4. The number of rotatable bonds is 9. The molecule has 0 aliphatic rings. The van der Waals surface area contributed by atoms with E-state index in [1.807, 2.05) is 66.7 Å². The standard InChI is InChI=1S/C26H29N3O4.ClH/c1-28-23-13-8-20(14-24(23)29(2)26(28)31)25(30)17-33-22-11-6-19(7-12-22)16-27-15-18-4-9-21(32-3)10-5-18;/h4-14,25,27,30H,15-17H2,1-3H3;1H/p-1. The normalized spacial score (nSPS) is 11.8. The highest BCUT2D eigenvalue weighted by Gasteiger charge is 2.13. The number of aryl methyl sites for hydroxylation is 2. The van der Waals surface area contributed by atoms with Crippen LogP contribution >= 0.6 is 0 Å². The number of benzene rings is 3. The number of hydrogen-bond acceptors (Lipinski definition) is 5. The largest absolute Gasteiger partial charge is 1.00 e. The average Bonchev–Trinajstić information content (AvgIpc) is 3.07. The predicted molar refractivity (Wildman–Crippen MR) is 129 cm³/mol. The van der Waals surface area contributed by atoms with Gasteiger partial charge in [0.25, 0.3) is 0 Å². The van der Waals surface area contributed by atoms with E-state index in [-0.39, 0.29) is 24.7 Å². The lowest BCUT2D eigenvalue weighted by Crippen LogP contribution is -3.00. The van der Waals surface area contributed by atoms with Crippen molar-refractivity contribution in [3.05, 3.63) is 93.9 Å². The maximum Gasteiger partial charge on any atom is 0.328 e. The summed E-state index contributed by atoms with van der Waals surface area (Å²) in [6, 6.07) is 21.3. The molecule has 1 heterocycles. The minimum absolute atomic E-state index is 0. The summed E-state index contributed by atoms with van der Waals surface area (Å²) >= 11 is 0. The van der Waals surface area contributed by atoms with E-state index in [0.717, 1.165) is 35.4 Å². The van der Waals surface area contributed by atoms with Crippen molar-refractivity contribution in [2.45, 2.75) is 19.2 Å². The first-order valence-electron chi connectivity index (χ1n) is 10.8. The molecule has 7 nitrogen and oxygen atoms in total. The summed E-state index contributed by atoms with van der Waals surface area (Å²) < 4.78 is 14.1. The summed E-state index contributed by atoms with van der Waals surface area (Å²) in [6.45, 7) is 1.64. The topological polar surface area (TPSA) is 77.7 Å². The Morgan fingerprint density at radius 3 is 2.00 bits per heavy atom. The Hall–Kier alpha value is -3.26. The molecule has 1 aromatic heterocycles. The van der Waals surface area contributed by atoms with Gasteiger partial charge in [-0.15, -0.1) is 0 Å². The molecule has 0 radical (unpaired) electrons. The zero-order valence-corrected chi connectivity index (χ0v) is 20.2. The lowest BCUT2D eigenvalue weighted by molar-refractivity contribution is -0.00000874. The van der Waals surface area contributed by atoms with Crippen LogP contribution in [0.5, 0.6) is 11.5 Å². The van der Waals surface area contributed by atoms with Gasteiger partial charge in [0.05, 0.1) is 18.1 Å². The summed E-state index contributed by atoms with van der Waals surface area (Å²) in [4.78, 5) is 12.1. The molecule has 180 valence electrons. The van der Waals surface area contributed by atoms with Crippen LogP contribution in [0, 0.1) is 0 Å². The van der Waals surface area contributed by atoms with Crippen LogP contribution in [0.15, 0.2) is 71.5 Å². The monoisotopic (exact) mass is 482 g/mol. The van der Waals surface area contributed by atoms with Gasteiger partial charge in [0.15, 0.2) is 0 Å². The number of nitrogens with zero attached hydrogens (tertiary/aromatic N) is 2. The van der Waals surface area contributed by atoms with Crippen LogP contribution in [0.25, 0.3) is 11.0 Å². The van der Waals surface area contributed by atoms with Crippen molar-refractivity contribution in [3.63, 3.8) is 0 Å². The Labute approximate surface area is 205 Å². The maximum atomic E-state index is 12.1. The third kappa shape index (κ3) is 5.62. The van der Waals surface area contributed by atoms with Crippen molar-refractivity contribution < 1.29 is 27.0 Å². The van der Waals surface area contributed by atoms with E-state index in [2.05, 4.69) is 5.32 Å². The van der Waals surface area contributed by atoms with Gasteiger partial charge in [-0.2, -0.15) is 0 Å². The SMILES string of the molecule is COc1ccc(CNCc2ccc(OCC(O)c3ccc4c(c3)n(C)c(=O)n4C)cc2)cc1.[Cl-]. The molecule has 0 aliphatic heterocycles. The minimum Gasteiger partial charge on any atom is -1.00 e. The fourth-order valence-electron chi connectivity index (χ4n) is 3.80. The van der Waals surface area contributed by atoms with Crippen molar-refractivity contribution in [2.24, 2.45) is 14.1 Å². The molecule has 0 fully saturated rings. The molecule has 3 aromatic carbocycles. The molecule has 1 atom stereocenters. The lowest BCUT2D eigenvalue weighted by Gasteiger charge is -2.14. The quantitative estimate of drug-likeness (QED) is 0.358. The molecule has 0 saturated heterocycles. The number of fused-ring (bicyclic) bond motifs is 1. The number of aromatic nitrogens is 2. The van der Waals surface area contributed by atoms with Gasteiger partial charge in [-0.1, -0.05) is 30.3 Å². The Morgan fingerprint density at radius 1 is 0.853 bits per heavy atom. The molecular weight excluding hydrogens is 454 g/mol. The van der Waals surface area contributed by atoms with E-state index in [0.29, 0.717) is 11.3 Å². The Balaban J connectivity index is 0.00000324. The molecule has 0 bridgehead atoms. The number of halogens is 1. The highest BCUT2D eigenvalue weighted by atomic mass is 35.5. The Morgan fingerprint density at radius 2 is 1.41 bits per heavy atom. The molecule has 4 rings (SSSR count). The molecule has 1 unspecified atom stereocenters. The number of aliphatic hydroxyl groups is 1. The van der Waals surface area contributed by atoms with Crippen LogP contribution in [-0.4, -0.2) is 28.0 Å². The number of imidazole rings is 1. The predicted octanol–water partition coefficient (Wildman–Crippen LogP) is 0.292. The molecule has 34 heavy (non-hydrogen) atoms. The molecule has 8 heteroatoms. The Bertz CT molecular complexity index is 1280. The van der Waals surface area contributed by atoms with E-state index in [9.17, 15) is 9.90 Å². The number of nitrogens with one attached hydrogen (secondary N) is 1. The van der Waals surface area contributed by atoms with Crippen LogP contribution in [-0.2, 0) is 27.2 Å². The lowest BCUT2D eigenvalue weighted by atomic mass is 10.1. The second kappa shape index (κ2) is 11.2. The molecule has 0 aliphatic carbocycles. The fourth-order valence-corrected chi connectivity index (χ4v) is 3.80. The van der Waals surface area contributed by atoms with Gasteiger partial charge in [0, 0.05) is 27.2 Å². The number of hydrogen-bond donors (Lipinski definition) is 2. The molecule has 2 N–H and O–H groups in total. The van der Waals surface area contributed by atoms with Crippen LogP contribution < -0.4 is 32.9 Å². The number of aliphatic hydroxyl groups excluding tert-OH is 1. The Kier molecular flexibility index (Phi) is 8.39. The van der Waals surface area contributed by atoms with Gasteiger partial charge in [-0.05, 0) is 53.1 Å². The molecule has 4 aromatic rings. The smallest absolute Gasteiger partial charge is 0.328 e. The number of ether oxygens (including phenoxy) is 2. The van der Waals surface area contributed by atoms with Gasteiger partial charge in [0.1, 0.15) is 24.2 Å². The summed E-state index contributed by atoms with van der Waals surface area (Å²) in [5, 5.41) is 14.0. The molecule has 0 saturated carbocycles. The zero-order valence-electron chi connectivity index (χ0n) is 19.5. The molecular formula is C26H29ClN3O4-. The molecule has 0 amide bonds. The third-order valence-electron chi connectivity index (χ3n) is 5.83. The van der Waals surface area contributed by atoms with Crippen LogP contribution in [0.4, 0.5) is 0 Å². The van der Waals surface area contributed by atoms with E-state index in [1.54, 1.807) is 30.3 Å². The van der Waals surface area contributed by atoms with Gasteiger partial charge >= 0.3 is 5.69 Å². The van der Waals surface area contributed by atoms with E-state index >= 15 is 0 Å². The highest BCUT2D eigenvalue weighted by Crippen LogP contribution is 2.21. The van der Waals surface area contributed by atoms with Crippen molar-refractivity contribution in [1.82, 2.24) is 14.5 Å². The first kappa shape index (κ1) is 25.4. The first-order valence-corrected chi connectivity index (χ1v) is 10.8. The molecule has 0 spiro atoms. The van der Waals surface area contributed by atoms with Gasteiger partial charge < -0.3 is 32.3 Å². The van der Waals surface area contributed by atoms with E-state index in [1.165, 1.54) is 5.56 Å². The van der Waals surface area contributed by atoms with Gasteiger partial charge in [-0.25, -0.2) is 4.79 Å². The summed E-state index contributed by atoms with van der Waals surface area (Å²) in [5.41, 5.74) is 4.57. The van der Waals surface area contributed by atoms with Crippen molar-refractivity contribution >= 4 is 11.0 Å². The second-order valence-electron chi connectivity index (χ2n) is 8.07. The van der Waals surface area contributed by atoms with Crippen LogP contribution in [0.2, 0.25) is 0 Å². The summed E-state index contributed by atoms with van der Waals surface area (Å²) in [7, 11) is 5.13. The summed E-state index contributed by atoms with van der Waals surface area (Å²) in [6.07, 6.45) is -0.796. The van der Waals surface area contributed by atoms with Crippen molar-refractivity contribution in [1.29, 1.82) is 0 Å². The van der Waals surface area contributed by atoms with Gasteiger partial charge in [-0.3, -0.25) is 9.13 Å². The fraction of sp³-hybridized carbons (Fsp3) is 0.269. The summed E-state index contributed by atoms with van der Waals surface area (Å²) in [5.74, 6) is 1.55. The third-order valence-corrected chi connectivity index (χ3v) is 5.83. The minimum atomic E-state index is -0.796.